The molecule has 0 aromatic carbocycles. The largest absolute Gasteiger partial charge is 0.466 e. The fourth-order valence-corrected chi connectivity index (χ4v) is 3.15. The Morgan fingerprint density at radius 2 is 2.25 bits per heavy atom. The van der Waals surface area contributed by atoms with Crippen LogP contribution in [0.5, 0.6) is 0 Å². The highest BCUT2D eigenvalue weighted by Crippen LogP contribution is 2.42. The number of fused-ring (bicyclic) bond motifs is 1. The van der Waals surface area contributed by atoms with Crippen molar-refractivity contribution in [3.8, 4) is 0 Å². The molecular weight excluding hydrogens is 250 g/mol. The lowest BCUT2D eigenvalue weighted by molar-refractivity contribution is 0.233. The molecule has 20 heavy (non-hydrogen) atoms. The number of furan rings is 1. The van der Waals surface area contributed by atoms with E-state index in [4.69, 9.17) is 4.42 Å². The predicted octanol–water partition coefficient (Wildman–Crippen LogP) is 3.42. The van der Waals surface area contributed by atoms with Gasteiger partial charge < -0.3 is 14.7 Å². The molecule has 108 valence electrons. The van der Waals surface area contributed by atoms with Crippen LogP contribution in [0.2, 0.25) is 0 Å². The first-order valence-electron chi connectivity index (χ1n) is 7.26. The molecule has 0 spiro atoms. The Bertz CT molecular complexity index is 609. The van der Waals surface area contributed by atoms with Crippen molar-refractivity contribution < 1.29 is 4.42 Å². The summed E-state index contributed by atoms with van der Waals surface area (Å²) in [4.78, 5) is 7.48. The highest BCUT2D eigenvalue weighted by molar-refractivity contribution is 5.29. The van der Waals surface area contributed by atoms with Gasteiger partial charge in [0, 0.05) is 30.3 Å². The van der Waals surface area contributed by atoms with Gasteiger partial charge in [-0.05, 0) is 31.7 Å². The maximum atomic E-state index is 5.87. The number of H-pyrrole nitrogens is 1. The van der Waals surface area contributed by atoms with E-state index in [1.807, 2.05) is 6.92 Å². The van der Waals surface area contributed by atoms with Gasteiger partial charge in [-0.1, -0.05) is 13.8 Å². The van der Waals surface area contributed by atoms with E-state index in [2.05, 4.69) is 42.1 Å². The molecule has 1 aliphatic carbocycles. The zero-order chi connectivity index (χ0) is 14.3. The molecule has 2 N–H and O–H groups in total. The summed E-state index contributed by atoms with van der Waals surface area (Å²) in [6.07, 6.45) is 3.91. The summed E-state index contributed by atoms with van der Waals surface area (Å²) in [5.41, 5.74) is 3.83. The lowest BCUT2D eigenvalue weighted by Gasteiger charge is -2.34. The van der Waals surface area contributed by atoms with Gasteiger partial charge in [0.05, 0.1) is 12.0 Å². The fourth-order valence-electron chi connectivity index (χ4n) is 3.15. The quantitative estimate of drug-likeness (QED) is 0.901. The van der Waals surface area contributed by atoms with E-state index in [1.54, 1.807) is 6.33 Å². The van der Waals surface area contributed by atoms with Crippen molar-refractivity contribution in [2.75, 3.05) is 0 Å². The minimum atomic E-state index is 0.273. The highest BCUT2D eigenvalue weighted by atomic mass is 16.3. The number of nitrogens with zero attached hydrogens (tertiary/aromatic N) is 1. The van der Waals surface area contributed by atoms with Crippen molar-refractivity contribution in [2.24, 2.45) is 5.41 Å². The molecule has 2 heterocycles. The second kappa shape index (κ2) is 4.77. The molecule has 0 saturated carbocycles. The van der Waals surface area contributed by atoms with Gasteiger partial charge in [0.15, 0.2) is 0 Å². The fraction of sp³-hybridized carbons (Fsp3) is 0.562. The Labute approximate surface area is 120 Å². The summed E-state index contributed by atoms with van der Waals surface area (Å²) < 4.78 is 5.87. The lowest BCUT2D eigenvalue weighted by Crippen LogP contribution is -2.32. The van der Waals surface area contributed by atoms with Crippen molar-refractivity contribution in [3.05, 3.63) is 40.9 Å². The molecule has 4 heteroatoms. The van der Waals surface area contributed by atoms with Crippen LogP contribution in [0, 0.1) is 19.3 Å². The summed E-state index contributed by atoms with van der Waals surface area (Å²) in [6.45, 7) is 9.49. The van der Waals surface area contributed by atoms with Gasteiger partial charge in [-0.15, -0.1) is 0 Å². The van der Waals surface area contributed by atoms with Gasteiger partial charge in [-0.25, -0.2) is 4.98 Å². The molecule has 1 atom stereocenters. The maximum absolute atomic E-state index is 5.87. The van der Waals surface area contributed by atoms with Crippen LogP contribution in [0.25, 0.3) is 0 Å². The van der Waals surface area contributed by atoms with Crippen molar-refractivity contribution in [1.29, 1.82) is 0 Å². The van der Waals surface area contributed by atoms with E-state index in [1.165, 1.54) is 5.56 Å². The third kappa shape index (κ3) is 2.52. The number of hydrogen-bond acceptors (Lipinski definition) is 3. The number of imidazole rings is 1. The van der Waals surface area contributed by atoms with Gasteiger partial charge >= 0.3 is 0 Å². The summed E-state index contributed by atoms with van der Waals surface area (Å²) in [5.74, 6) is 2.16. The Morgan fingerprint density at radius 1 is 1.45 bits per heavy atom. The third-order valence-corrected chi connectivity index (χ3v) is 4.19. The molecule has 2 aromatic rings. The monoisotopic (exact) mass is 273 g/mol. The second-order valence-electron chi connectivity index (χ2n) is 6.69. The lowest BCUT2D eigenvalue weighted by atomic mass is 9.74. The molecule has 0 amide bonds. The van der Waals surface area contributed by atoms with Gasteiger partial charge in [0.2, 0.25) is 0 Å². The topological polar surface area (TPSA) is 53.9 Å². The van der Waals surface area contributed by atoms with Crippen LogP contribution in [0.3, 0.4) is 0 Å². The second-order valence-corrected chi connectivity index (χ2v) is 6.69. The summed E-state index contributed by atoms with van der Waals surface area (Å²) in [7, 11) is 0. The average Bonchev–Trinajstić information content (AvgIpc) is 2.90. The average molecular weight is 273 g/mol. The van der Waals surface area contributed by atoms with E-state index in [-0.39, 0.29) is 5.41 Å². The summed E-state index contributed by atoms with van der Waals surface area (Å²) >= 11 is 0. The Kier molecular flexibility index (Phi) is 3.21. The number of nitrogens with one attached hydrogen (secondary N) is 2. The number of aryl methyl sites for hydroxylation is 2. The van der Waals surface area contributed by atoms with Crippen LogP contribution in [-0.2, 0) is 13.0 Å². The molecule has 0 bridgehead atoms. The first-order valence-corrected chi connectivity index (χ1v) is 7.26. The van der Waals surface area contributed by atoms with Gasteiger partial charge in [-0.2, -0.15) is 0 Å². The number of aromatic nitrogens is 2. The number of hydrogen-bond donors (Lipinski definition) is 2. The van der Waals surface area contributed by atoms with Gasteiger partial charge in [0.25, 0.3) is 0 Å². The molecule has 0 fully saturated rings. The smallest absolute Gasteiger partial charge is 0.109 e. The van der Waals surface area contributed by atoms with Crippen LogP contribution in [0.4, 0.5) is 0 Å². The molecule has 1 aliphatic rings. The zero-order valence-corrected chi connectivity index (χ0v) is 12.7. The summed E-state index contributed by atoms with van der Waals surface area (Å²) in [6, 6.07) is 2.53. The molecule has 4 nitrogen and oxygen atoms in total. The zero-order valence-electron chi connectivity index (χ0n) is 12.7. The predicted molar refractivity (Wildman–Crippen MR) is 78.5 cm³/mol. The molecule has 1 unspecified atom stereocenters. The van der Waals surface area contributed by atoms with Crippen LogP contribution < -0.4 is 5.32 Å². The van der Waals surface area contributed by atoms with E-state index in [0.717, 1.165) is 42.3 Å². The Hall–Kier alpha value is -1.55. The van der Waals surface area contributed by atoms with E-state index >= 15 is 0 Å². The minimum absolute atomic E-state index is 0.273. The van der Waals surface area contributed by atoms with Crippen LogP contribution in [0.15, 0.2) is 16.8 Å². The molecular formula is C16H23N3O. The van der Waals surface area contributed by atoms with E-state index in [9.17, 15) is 0 Å². The standard InChI is InChI=1S/C16H23N3O/c1-10-5-12-13(6-16(3,4)7-15(12)20-10)17-8-14-11(2)18-9-19-14/h5,9,13,17H,6-8H2,1-4H3,(H,18,19). The van der Waals surface area contributed by atoms with Crippen molar-refractivity contribution in [3.63, 3.8) is 0 Å². The normalized spacial score (nSPS) is 20.9. The van der Waals surface area contributed by atoms with Crippen LogP contribution in [0.1, 0.15) is 54.8 Å². The first-order chi connectivity index (χ1) is 9.44. The minimum Gasteiger partial charge on any atom is -0.466 e. The maximum Gasteiger partial charge on any atom is 0.109 e. The van der Waals surface area contributed by atoms with Gasteiger partial charge in [0.1, 0.15) is 11.5 Å². The Morgan fingerprint density at radius 3 is 2.95 bits per heavy atom. The molecule has 0 saturated heterocycles. The molecule has 3 rings (SSSR count). The van der Waals surface area contributed by atoms with E-state index in [0.29, 0.717) is 6.04 Å². The van der Waals surface area contributed by atoms with E-state index < -0.39 is 0 Å². The highest BCUT2D eigenvalue weighted by Gasteiger charge is 2.34. The van der Waals surface area contributed by atoms with Crippen molar-refractivity contribution in [2.45, 2.75) is 53.1 Å². The van der Waals surface area contributed by atoms with Crippen LogP contribution >= 0.6 is 0 Å². The Balaban J connectivity index is 1.80. The molecule has 0 radical (unpaired) electrons. The number of aromatic amines is 1. The first kappa shape index (κ1) is 13.4. The van der Waals surface area contributed by atoms with Crippen LogP contribution in [-0.4, -0.2) is 9.97 Å². The third-order valence-electron chi connectivity index (χ3n) is 4.19. The molecule has 2 aromatic heterocycles. The van der Waals surface area contributed by atoms with Gasteiger partial charge in [-0.3, -0.25) is 0 Å². The van der Waals surface area contributed by atoms with Crippen molar-refractivity contribution in [1.82, 2.24) is 15.3 Å². The molecule has 0 aliphatic heterocycles. The van der Waals surface area contributed by atoms with Crippen molar-refractivity contribution >= 4 is 0 Å². The summed E-state index contributed by atoms with van der Waals surface area (Å²) in [5, 5.41) is 3.65. The number of rotatable bonds is 3. The SMILES string of the molecule is Cc1cc2c(o1)CC(C)(C)CC2NCc1nc[nH]c1C.